The zero-order chi connectivity index (χ0) is 25.1. The fraction of sp³-hybridized carbons (Fsp3) is 0.538. The number of carboxylic acids is 1. The number of ether oxygens (including phenoxy) is 2. The van der Waals surface area contributed by atoms with Crippen LogP contribution in [-0.4, -0.2) is 36.3 Å². The highest BCUT2D eigenvalue weighted by Gasteiger charge is 2.38. The fourth-order valence-electron chi connectivity index (χ4n) is 5.17. The summed E-state index contributed by atoms with van der Waals surface area (Å²) >= 11 is 4.78. The minimum absolute atomic E-state index is 0.206. The van der Waals surface area contributed by atoms with Crippen molar-refractivity contribution < 1.29 is 24.2 Å². The molecule has 0 aliphatic heterocycles. The van der Waals surface area contributed by atoms with E-state index in [1.807, 2.05) is 19.1 Å². The minimum atomic E-state index is -1.11. The molecule has 1 fully saturated rings. The molecule has 1 aromatic heterocycles. The number of hydrogen-bond acceptors (Lipinski definition) is 6. The lowest BCUT2D eigenvalue weighted by Crippen LogP contribution is -2.40. The second-order valence-electron chi connectivity index (χ2n) is 10.6. The van der Waals surface area contributed by atoms with Crippen LogP contribution in [0.2, 0.25) is 0 Å². The summed E-state index contributed by atoms with van der Waals surface area (Å²) in [6.45, 7) is 11.0. The standard InChI is InChI=1S/C26H34BrNO5S/c1-6-10-32-24(31)23-21(33-14-19(29)30)20(27)22(34-23)16-8-7-9-17(11-16)28-18-12-25(2,3)15-26(4,5)13-18/h7-9,11,18,28H,6,10,12-15H2,1-5H3,(H,29,30). The number of nitrogens with one attached hydrogen (secondary N) is 1. The molecule has 1 heterocycles. The molecule has 3 rings (SSSR count). The molecular weight excluding hydrogens is 518 g/mol. The first-order valence-corrected chi connectivity index (χ1v) is 13.2. The van der Waals surface area contributed by atoms with Crippen molar-refractivity contribution in [3.05, 3.63) is 33.6 Å². The third-order valence-corrected chi connectivity index (χ3v) is 8.04. The summed E-state index contributed by atoms with van der Waals surface area (Å²) in [4.78, 5) is 24.8. The minimum Gasteiger partial charge on any atom is -0.479 e. The van der Waals surface area contributed by atoms with Crippen LogP contribution in [0.3, 0.4) is 0 Å². The number of anilines is 1. The lowest BCUT2D eigenvalue weighted by molar-refractivity contribution is -0.139. The molecule has 1 saturated carbocycles. The first-order valence-electron chi connectivity index (χ1n) is 11.6. The Bertz CT molecular complexity index is 1030. The van der Waals surface area contributed by atoms with Gasteiger partial charge in [-0.25, -0.2) is 9.59 Å². The Morgan fingerprint density at radius 1 is 1.21 bits per heavy atom. The van der Waals surface area contributed by atoms with Crippen LogP contribution >= 0.6 is 27.3 Å². The summed E-state index contributed by atoms with van der Waals surface area (Å²) in [5.41, 5.74) is 2.47. The number of carboxylic acid groups (broad SMARTS) is 1. The first-order chi connectivity index (χ1) is 15.9. The van der Waals surface area contributed by atoms with E-state index in [1.54, 1.807) is 0 Å². The predicted octanol–water partition coefficient (Wildman–Crippen LogP) is 7.22. The van der Waals surface area contributed by atoms with Gasteiger partial charge >= 0.3 is 11.9 Å². The van der Waals surface area contributed by atoms with E-state index in [2.05, 4.69) is 61.1 Å². The Morgan fingerprint density at radius 2 is 1.88 bits per heavy atom. The van der Waals surface area contributed by atoms with Crippen LogP contribution in [0, 0.1) is 10.8 Å². The fourth-order valence-corrected chi connectivity index (χ4v) is 7.12. The van der Waals surface area contributed by atoms with Crippen LogP contribution in [0.25, 0.3) is 10.4 Å². The van der Waals surface area contributed by atoms with Gasteiger partial charge in [-0.15, -0.1) is 11.3 Å². The number of esters is 1. The van der Waals surface area contributed by atoms with Gasteiger partial charge in [0.05, 0.1) is 16.0 Å². The van der Waals surface area contributed by atoms with E-state index in [0.717, 1.165) is 29.0 Å². The topological polar surface area (TPSA) is 84.9 Å². The smallest absolute Gasteiger partial charge is 0.352 e. The van der Waals surface area contributed by atoms with Crippen LogP contribution in [0.1, 0.15) is 70.0 Å². The number of hydrogen-bond donors (Lipinski definition) is 2. The van der Waals surface area contributed by atoms with Crippen LogP contribution in [0.15, 0.2) is 28.7 Å². The van der Waals surface area contributed by atoms with Gasteiger partial charge in [0.15, 0.2) is 17.2 Å². The second-order valence-corrected chi connectivity index (χ2v) is 12.4. The summed E-state index contributed by atoms with van der Waals surface area (Å²) in [5, 5.41) is 12.8. The van der Waals surface area contributed by atoms with Crippen LogP contribution in [0.5, 0.6) is 5.75 Å². The van der Waals surface area contributed by atoms with Crippen LogP contribution in [-0.2, 0) is 9.53 Å². The molecule has 186 valence electrons. The molecule has 0 spiro atoms. The molecule has 6 nitrogen and oxygen atoms in total. The molecule has 0 atom stereocenters. The molecule has 1 aliphatic carbocycles. The molecule has 34 heavy (non-hydrogen) atoms. The third kappa shape index (κ3) is 6.75. The van der Waals surface area contributed by atoms with Crippen molar-refractivity contribution in [2.45, 2.75) is 66.3 Å². The maximum atomic E-state index is 12.6. The Balaban J connectivity index is 1.90. The SMILES string of the molecule is CCCOC(=O)c1sc(-c2cccc(NC3CC(C)(C)CC(C)(C)C3)c2)c(Br)c1OCC(=O)O. The highest BCUT2D eigenvalue weighted by atomic mass is 79.9. The molecule has 1 aliphatic rings. The second kappa shape index (κ2) is 10.7. The van der Waals surface area contributed by atoms with Crippen molar-refractivity contribution in [3.63, 3.8) is 0 Å². The average molecular weight is 553 g/mol. The Labute approximate surface area is 214 Å². The Morgan fingerprint density at radius 3 is 2.50 bits per heavy atom. The van der Waals surface area contributed by atoms with Gasteiger partial charge in [-0.3, -0.25) is 0 Å². The summed E-state index contributed by atoms with van der Waals surface area (Å²) in [6.07, 6.45) is 4.10. The Kier molecular flexibility index (Phi) is 8.34. The van der Waals surface area contributed by atoms with Gasteiger partial charge in [0, 0.05) is 11.7 Å². The zero-order valence-electron chi connectivity index (χ0n) is 20.5. The van der Waals surface area contributed by atoms with Crippen molar-refractivity contribution >= 4 is 44.9 Å². The van der Waals surface area contributed by atoms with Gasteiger partial charge in [0.1, 0.15) is 0 Å². The average Bonchev–Trinajstić information content (AvgIpc) is 3.04. The number of benzene rings is 1. The molecule has 2 aromatic rings. The lowest BCUT2D eigenvalue weighted by Gasteiger charge is -2.45. The van der Waals surface area contributed by atoms with E-state index in [4.69, 9.17) is 14.6 Å². The van der Waals surface area contributed by atoms with Gasteiger partial charge in [-0.2, -0.15) is 0 Å². The van der Waals surface area contributed by atoms with Crippen molar-refractivity contribution in [1.29, 1.82) is 0 Å². The molecule has 0 amide bonds. The number of carbonyl (C=O) groups excluding carboxylic acids is 1. The highest BCUT2D eigenvalue weighted by Crippen LogP contribution is 2.48. The van der Waals surface area contributed by atoms with E-state index in [-0.39, 0.29) is 28.1 Å². The number of aliphatic carboxylic acids is 1. The Hall–Kier alpha value is -2.06. The maximum Gasteiger partial charge on any atom is 0.352 e. The van der Waals surface area contributed by atoms with Crippen molar-refractivity contribution in [1.82, 2.24) is 0 Å². The maximum absolute atomic E-state index is 12.6. The molecule has 1 aromatic carbocycles. The van der Waals surface area contributed by atoms with E-state index in [1.165, 1.54) is 17.8 Å². The van der Waals surface area contributed by atoms with Crippen molar-refractivity contribution in [2.75, 3.05) is 18.5 Å². The van der Waals surface area contributed by atoms with Crippen molar-refractivity contribution in [3.8, 4) is 16.2 Å². The van der Waals surface area contributed by atoms with E-state index >= 15 is 0 Å². The molecule has 0 saturated heterocycles. The molecule has 2 N–H and O–H groups in total. The third-order valence-electron chi connectivity index (χ3n) is 5.82. The van der Waals surface area contributed by atoms with E-state index in [0.29, 0.717) is 16.9 Å². The first kappa shape index (κ1) is 26.5. The van der Waals surface area contributed by atoms with Gasteiger partial charge in [-0.1, -0.05) is 46.8 Å². The predicted molar refractivity (Wildman–Crippen MR) is 140 cm³/mol. The van der Waals surface area contributed by atoms with Gasteiger partial charge in [0.25, 0.3) is 0 Å². The lowest BCUT2D eigenvalue weighted by atomic mass is 9.63. The molecule has 0 bridgehead atoms. The molecular formula is C26H34BrNO5S. The van der Waals surface area contributed by atoms with Gasteiger partial charge in [-0.05, 0) is 70.1 Å². The number of thiophene rings is 1. The van der Waals surface area contributed by atoms with Gasteiger partial charge in [0.2, 0.25) is 0 Å². The number of halogens is 1. The van der Waals surface area contributed by atoms with Crippen LogP contribution < -0.4 is 10.1 Å². The quantitative estimate of drug-likeness (QED) is 0.320. The highest BCUT2D eigenvalue weighted by molar-refractivity contribution is 9.10. The van der Waals surface area contributed by atoms with E-state index < -0.39 is 18.5 Å². The van der Waals surface area contributed by atoms with E-state index in [9.17, 15) is 9.59 Å². The molecule has 0 unspecified atom stereocenters. The summed E-state index contributed by atoms with van der Waals surface area (Å²) in [6, 6.07) is 8.44. The number of carbonyl (C=O) groups is 2. The summed E-state index contributed by atoms with van der Waals surface area (Å²) < 4.78 is 11.3. The summed E-state index contributed by atoms with van der Waals surface area (Å²) in [5.74, 6) is -1.42. The monoisotopic (exact) mass is 551 g/mol. The summed E-state index contributed by atoms with van der Waals surface area (Å²) in [7, 11) is 0. The van der Waals surface area contributed by atoms with Crippen molar-refractivity contribution in [2.24, 2.45) is 10.8 Å². The molecule has 8 heteroatoms. The molecule has 0 radical (unpaired) electrons. The normalized spacial score (nSPS) is 17.2. The van der Waals surface area contributed by atoms with Gasteiger partial charge < -0.3 is 19.9 Å². The number of rotatable bonds is 9. The zero-order valence-corrected chi connectivity index (χ0v) is 22.9. The van der Waals surface area contributed by atoms with Crippen LogP contribution in [0.4, 0.5) is 5.69 Å². The largest absolute Gasteiger partial charge is 0.479 e.